The second kappa shape index (κ2) is 6.86. The van der Waals surface area contributed by atoms with E-state index in [-0.39, 0.29) is 0 Å². The summed E-state index contributed by atoms with van der Waals surface area (Å²) in [4.78, 5) is 11.9. The highest BCUT2D eigenvalue weighted by Crippen LogP contribution is 2.33. The third kappa shape index (κ3) is 4.02. The average molecular weight is 308 g/mol. The number of anilines is 2. The van der Waals surface area contributed by atoms with E-state index in [0.717, 1.165) is 55.7 Å². The largest absolute Gasteiger partial charge is 0.370 e. The van der Waals surface area contributed by atoms with Gasteiger partial charge in [0.25, 0.3) is 0 Å². The van der Waals surface area contributed by atoms with Crippen LogP contribution in [0.25, 0.3) is 0 Å². The van der Waals surface area contributed by atoms with Crippen molar-refractivity contribution >= 4 is 23.4 Å². The number of aryl methyl sites for hydroxylation is 1. The van der Waals surface area contributed by atoms with Crippen molar-refractivity contribution in [3.63, 3.8) is 0 Å². The fourth-order valence-corrected chi connectivity index (χ4v) is 3.74. The lowest BCUT2D eigenvalue weighted by atomic mass is 10.1. The van der Waals surface area contributed by atoms with Crippen molar-refractivity contribution in [3.8, 4) is 0 Å². The van der Waals surface area contributed by atoms with Crippen LogP contribution < -0.4 is 10.2 Å². The van der Waals surface area contributed by atoms with Crippen LogP contribution in [0.3, 0.4) is 0 Å². The minimum absolute atomic E-state index is 0.291. The molecule has 0 bridgehead atoms. The highest BCUT2D eigenvalue weighted by molar-refractivity contribution is 8.00. The van der Waals surface area contributed by atoms with Gasteiger partial charge in [0, 0.05) is 42.1 Å². The molecule has 0 amide bonds. The summed E-state index contributed by atoms with van der Waals surface area (Å²) in [6.45, 7) is 14.1. The molecular formula is C16H28N4S. The third-order valence-corrected chi connectivity index (χ3v) is 5.05. The van der Waals surface area contributed by atoms with Gasteiger partial charge in [-0.05, 0) is 27.2 Å². The second-order valence-corrected chi connectivity index (χ2v) is 8.05. The van der Waals surface area contributed by atoms with Crippen molar-refractivity contribution in [2.24, 2.45) is 0 Å². The fourth-order valence-electron chi connectivity index (χ4n) is 2.63. The summed E-state index contributed by atoms with van der Waals surface area (Å²) in [5, 5.41) is 3.45. The summed E-state index contributed by atoms with van der Waals surface area (Å²) in [7, 11) is 0. The number of thioether (sulfide) groups is 1. The Labute approximate surface area is 133 Å². The summed E-state index contributed by atoms with van der Waals surface area (Å²) in [6.07, 6.45) is 1.98. The molecule has 2 heterocycles. The van der Waals surface area contributed by atoms with Crippen molar-refractivity contribution in [2.45, 2.75) is 52.2 Å². The molecule has 0 aromatic carbocycles. The SMILES string of the molecule is CCCNc1nc(CC)nc(N2CCSC(C)(C)C2)c1C. The van der Waals surface area contributed by atoms with Crippen molar-refractivity contribution in [1.82, 2.24) is 9.97 Å². The predicted octanol–water partition coefficient (Wildman–Crippen LogP) is 3.50. The summed E-state index contributed by atoms with van der Waals surface area (Å²) >= 11 is 2.05. The van der Waals surface area contributed by atoms with E-state index in [4.69, 9.17) is 4.98 Å². The summed E-state index contributed by atoms with van der Waals surface area (Å²) in [5.74, 6) is 4.23. The van der Waals surface area contributed by atoms with Gasteiger partial charge in [-0.15, -0.1) is 0 Å². The van der Waals surface area contributed by atoms with Crippen LogP contribution in [-0.2, 0) is 6.42 Å². The Morgan fingerprint density at radius 1 is 1.29 bits per heavy atom. The van der Waals surface area contributed by atoms with Crippen LogP contribution in [0.4, 0.5) is 11.6 Å². The normalized spacial score (nSPS) is 17.9. The van der Waals surface area contributed by atoms with Gasteiger partial charge in [-0.2, -0.15) is 11.8 Å². The van der Waals surface area contributed by atoms with Crippen LogP contribution in [0.2, 0.25) is 0 Å². The number of aromatic nitrogens is 2. The lowest BCUT2D eigenvalue weighted by Crippen LogP contribution is -2.44. The van der Waals surface area contributed by atoms with Crippen LogP contribution >= 0.6 is 11.8 Å². The number of nitrogens with one attached hydrogen (secondary N) is 1. The Morgan fingerprint density at radius 3 is 2.67 bits per heavy atom. The smallest absolute Gasteiger partial charge is 0.137 e. The van der Waals surface area contributed by atoms with Crippen LogP contribution in [0.15, 0.2) is 0 Å². The molecule has 1 aromatic rings. The molecule has 4 nitrogen and oxygen atoms in total. The van der Waals surface area contributed by atoms with Gasteiger partial charge in [-0.25, -0.2) is 9.97 Å². The van der Waals surface area contributed by atoms with Crippen LogP contribution in [-0.4, -0.2) is 40.1 Å². The summed E-state index contributed by atoms with van der Waals surface area (Å²) in [5.41, 5.74) is 1.18. The molecular weight excluding hydrogens is 280 g/mol. The molecule has 1 saturated heterocycles. The van der Waals surface area contributed by atoms with Gasteiger partial charge in [-0.3, -0.25) is 0 Å². The molecule has 2 rings (SSSR count). The van der Waals surface area contributed by atoms with E-state index in [0.29, 0.717) is 4.75 Å². The first-order valence-corrected chi connectivity index (χ1v) is 8.95. The maximum Gasteiger partial charge on any atom is 0.137 e. The standard InChI is InChI=1S/C16H28N4S/c1-6-8-17-14-12(3)15(19-13(7-2)18-14)20-9-10-21-16(4,5)11-20/h6-11H2,1-5H3,(H,17,18,19). The molecule has 0 atom stereocenters. The topological polar surface area (TPSA) is 41.1 Å². The van der Waals surface area contributed by atoms with E-state index >= 15 is 0 Å². The first kappa shape index (κ1) is 16.4. The van der Waals surface area contributed by atoms with E-state index in [1.54, 1.807) is 0 Å². The van der Waals surface area contributed by atoms with Gasteiger partial charge in [0.05, 0.1) is 0 Å². The minimum atomic E-state index is 0.291. The van der Waals surface area contributed by atoms with E-state index < -0.39 is 0 Å². The quantitative estimate of drug-likeness (QED) is 0.901. The first-order valence-electron chi connectivity index (χ1n) is 7.97. The lowest BCUT2D eigenvalue weighted by Gasteiger charge is -2.39. The zero-order valence-corrected chi connectivity index (χ0v) is 14.8. The van der Waals surface area contributed by atoms with Gasteiger partial charge >= 0.3 is 0 Å². The maximum absolute atomic E-state index is 4.81. The van der Waals surface area contributed by atoms with Crippen LogP contribution in [0.1, 0.15) is 45.5 Å². The van der Waals surface area contributed by atoms with Crippen molar-refractivity contribution in [1.29, 1.82) is 0 Å². The highest BCUT2D eigenvalue weighted by Gasteiger charge is 2.29. The van der Waals surface area contributed by atoms with Crippen molar-refractivity contribution in [2.75, 3.05) is 35.6 Å². The maximum atomic E-state index is 4.81. The Kier molecular flexibility index (Phi) is 5.36. The van der Waals surface area contributed by atoms with Gasteiger partial charge < -0.3 is 10.2 Å². The summed E-state index contributed by atoms with van der Waals surface area (Å²) < 4.78 is 0.291. The highest BCUT2D eigenvalue weighted by atomic mass is 32.2. The molecule has 1 aliphatic heterocycles. The van der Waals surface area contributed by atoms with E-state index in [1.807, 2.05) is 0 Å². The monoisotopic (exact) mass is 308 g/mol. The van der Waals surface area contributed by atoms with Crippen molar-refractivity contribution < 1.29 is 0 Å². The van der Waals surface area contributed by atoms with E-state index in [1.165, 1.54) is 5.56 Å². The van der Waals surface area contributed by atoms with Crippen LogP contribution in [0.5, 0.6) is 0 Å². The molecule has 5 heteroatoms. The lowest BCUT2D eigenvalue weighted by molar-refractivity contribution is 0.638. The third-order valence-electron chi connectivity index (χ3n) is 3.75. The molecule has 1 aliphatic rings. The Hall–Kier alpha value is -0.970. The minimum Gasteiger partial charge on any atom is -0.370 e. The molecule has 118 valence electrons. The molecule has 21 heavy (non-hydrogen) atoms. The molecule has 1 aromatic heterocycles. The van der Waals surface area contributed by atoms with Gasteiger partial charge in [0.15, 0.2) is 0 Å². The Bertz CT molecular complexity index is 487. The van der Waals surface area contributed by atoms with E-state index in [2.05, 4.69) is 61.6 Å². The van der Waals surface area contributed by atoms with Gasteiger partial charge in [0.2, 0.25) is 0 Å². The molecule has 0 saturated carbocycles. The second-order valence-electron chi connectivity index (χ2n) is 6.25. The van der Waals surface area contributed by atoms with Gasteiger partial charge in [-0.1, -0.05) is 13.8 Å². The zero-order chi connectivity index (χ0) is 15.5. The number of hydrogen-bond acceptors (Lipinski definition) is 5. The Balaban J connectivity index is 2.32. The molecule has 0 radical (unpaired) electrons. The molecule has 0 spiro atoms. The summed E-state index contributed by atoms with van der Waals surface area (Å²) in [6, 6.07) is 0. The van der Waals surface area contributed by atoms with Crippen LogP contribution in [0, 0.1) is 6.92 Å². The molecule has 0 unspecified atom stereocenters. The number of hydrogen-bond donors (Lipinski definition) is 1. The number of rotatable bonds is 5. The first-order chi connectivity index (χ1) is 9.96. The molecule has 0 aliphatic carbocycles. The molecule has 1 N–H and O–H groups in total. The van der Waals surface area contributed by atoms with Crippen molar-refractivity contribution in [3.05, 3.63) is 11.4 Å². The Morgan fingerprint density at radius 2 is 2.05 bits per heavy atom. The number of nitrogens with zero attached hydrogens (tertiary/aromatic N) is 3. The zero-order valence-electron chi connectivity index (χ0n) is 14.0. The predicted molar refractivity (Wildman–Crippen MR) is 93.7 cm³/mol. The molecule has 1 fully saturated rings. The average Bonchev–Trinajstić information content (AvgIpc) is 2.45. The van der Waals surface area contributed by atoms with E-state index in [9.17, 15) is 0 Å². The van der Waals surface area contributed by atoms with Gasteiger partial charge in [0.1, 0.15) is 17.5 Å². The fraction of sp³-hybridized carbons (Fsp3) is 0.750.